The SMILES string of the molecule is CCCOC(=O)Nc1nc(=O)n([C@@H]2O[C@H](C)[C@@H](OC(C)=O)[C@H]2OC(C)=O)cc1I. The molecule has 1 amide bonds. The number of hydrogen-bond donors (Lipinski definition) is 1. The quantitative estimate of drug-likeness (QED) is 0.335. The van der Waals surface area contributed by atoms with Crippen LogP contribution < -0.4 is 11.0 Å². The van der Waals surface area contributed by atoms with Crippen LogP contribution in [0.15, 0.2) is 11.0 Å². The number of carbonyl (C=O) groups excluding carboxylic acids is 3. The summed E-state index contributed by atoms with van der Waals surface area (Å²) in [4.78, 5) is 51.1. The van der Waals surface area contributed by atoms with Gasteiger partial charge in [-0.25, -0.2) is 9.59 Å². The number of nitrogens with zero attached hydrogens (tertiary/aromatic N) is 2. The van der Waals surface area contributed by atoms with E-state index in [0.717, 1.165) is 4.57 Å². The first-order valence-corrected chi connectivity index (χ1v) is 9.94. The molecule has 2 heterocycles. The monoisotopic (exact) mass is 523 g/mol. The molecule has 12 heteroatoms. The number of carbonyl (C=O) groups is 3. The smallest absolute Gasteiger partial charge is 0.412 e. The van der Waals surface area contributed by atoms with E-state index in [2.05, 4.69) is 10.3 Å². The third kappa shape index (κ3) is 5.88. The van der Waals surface area contributed by atoms with Crippen LogP contribution >= 0.6 is 22.6 Å². The molecule has 11 nitrogen and oxygen atoms in total. The minimum absolute atomic E-state index is 0.0274. The van der Waals surface area contributed by atoms with E-state index in [0.29, 0.717) is 9.99 Å². The van der Waals surface area contributed by atoms with Gasteiger partial charge in [0.2, 0.25) is 0 Å². The van der Waals surface area contributed by atoms with Gasteiger partial charge in [0.05, 0.1) is 16.3 Å². The molecular weight excluding hydrogens is 501 g/mol. The van der Waals surface area contributed by atoms with Gasteiger partial charge in [-0.2, -0.15) is 4.98 Å². The fourth-order valence-corrected chi connectivity index (χ4v) is 3.30. The maximum Gasteiger partial charge on any atom is 0.412 e. The number of nitrogens with one attached hydrogen (secondary N) is 1. The second-order valence-corrected chi connectivity index (χ2v) is 7.43. The fraction of sp³-hybridized carbons (Fsp3) is 0.588. The standard InChI is InChI=1S/C17H22IN3O8/c1-5-6-26-17(25)20-14-11(18)7-21(16(24)19-14)15-13(29-10(4)23)12(8(2)27-15)28-9(3)22/h7-8,12-13,15H,5-6H2,1-4H3,(H,19,20,24,25)/t8-,12-,13-,15-/m1/s1. The molecule has 1 aliphatic heterocycles. The van der Waals surface area contributed by atoms with E-state index >= 15 is 0 Å². The molecular formula is C17H22IN3O8. The molecule has 1 N–H and O–H groups in total. The summed E-state index contributed by atoms with van der Waals surface area (Å²) in [5.74, 6) is -1.17. The fourth-order valence-electron chi connectivity index (χ4n) is 2.74. The molecule has 2 rings (SSSR count). The third-order valence-corrected chi connectivity index (χ3v) is 4.65. The summed E-state index contributed by atoms with van der Waals surface area (Å²) >= 11 is 1.88. The Labute approximate surface area is 180 Å². The topological polar surface area (TPSA) is 135 Å². The zero-order valence-corrected chi connectivity index (χ0v) is 18.5. The lowest BCUT2D eigenvalue weighted by Gasteiger charge is -2.23. The van der Waals surface area contributed by atoms with Crippen molar-refractivity contribution in [2.75, 3.05) is 11.9 Å². The van der Waals surface area contributed by atoms with Gasteiger partial charge in [-0.1, -0.05) is 6.92 Å². The minimum atomic E-state index is -1.06. The van der Waals surface area contributed by atoms with Gasteiger partial charge in [-0.05, 0) is 35.9 Å². The van der Waals surface area contributed by atoms with Crippen LogP contribution in [-0.4, -0.2) is 52.5 Å². The van der Waals surface area contributed by atoms with E-state index in [-0.39, 0.29) is 12.4 Å². The van der Waals surface area contributed by atoms with Crippen molar-refractivity contribution in [2.45, 2.75) is 58.7 Å². The zero-order chi connectivity index (χ0) is 21.7. The largest absolute Gasteiger partial charge is 0.456 e. The summed E-state index contributed by atoms with van der Waals surface area (Å²) in [5, 5.41) is 2.40. The van der Waals surface area contributed by atoms with Crippen molar-refractivity contribution in [2.24, 2.45) is 0 Å². The zero-order valence-electron chi connectivity index (χ0n) is 16.3. The Morgan fingerprint density at radius 2 is 1.86 bits per heavy atom. The number of esters is 2. The van der Waals surface area contributed by atoms with E-state index in [9.17, 15) is 19.2 Å². The molecule has 0 aromatic carbocycles. The highest BCUT2D eigenvalue weighted by atomic mass is 127. The molecule has 0 saturated carbocycles. The van der Waals surface area contributed by atoms with Crippen molar-refractivity contribution in [3.05, 3.63) is 20.3 Å². The van der Waals surface area contributed by atoms with Crippen LogP contribution in [0.2, 0.25) is 0 Å². The van der Waals surface area contributed by atoms with Crippen molar-refractivity contribution in [1.29, 1.82) is 0 Å². The van der Waals surface area contributed by atoms with E-state index in [4.69, 9.17) is 18.9 Å². The van der Waals surface area contributed by atoms with Crippen LogP contribution in [-0.2, 0) is 28.5 Å². The summed E-state index contributed by atoms with van der Waals surface area (Å²) in [7, 11) is 0. The normalized spacial score (nSPS) is 23.3. The first-order chi connectivity index (χ1) is 13.6. The summed E-state index contributed by atoms with van der Waals surface area (Å²) in [6.45, 7) is 6.13. The summed E-state index contributed by atoms with van der Waals surface area (Å²) in [6.07, 6.45) is -2.32. The van der Waals surface area contributed by atoms with Crippen LogP contribution in [0.5, 0.6) is 0 Å². The van der Waals surface area contributed by atoms with Crippen molar-refractivity contribution in [3.63, 3.8) is 0 Å². The van der Waals surface area contributed by atoms with Gasteiger partial charge in [-0.3, -0.25) is 19.5 Å². The Bertz CT molecular complexity index is 842. The summed E-state index contributed by atoms with van der Waals surface area (Å²) in [6, 6.07) is 0. The molecule has 4 atom stereocenters. The lowest BCUT2D eigenvalue weighted by atomic mass is 10.1. The Morgan fingerprint density at radius 1 is 1.24 bits per heavy atom. The van der Waals surface area contributed by atoms with Gasteiger partial charge < -0.3 is 18.9 Å². The predicted octanol–water partition coefficient (Wildman–Crippen LogP) is 1.59. The highest BCUT2D eigenvalue weighted by Crippen LogP contribution is 2.33. The number of aromatic nitrogens is 2. The van der Waals surface area contributed by atoms with Gasteiger partial charge in [0.25, 0.3) is 0 Å². The van der Waals surface area contributed by atoms with Crippen molar-refractivity contribution in [3.8, 4) is 0 Å². The molecule has 0 radical (unpaired) electrons. The second kappa shape index (κ2) is 10.0. The average Bonchev–Trinajstić information content (AvgIpc) is 2.91. The Kier molecular flexibility index (Phi) is 7.96. The number of halogens is 1. The Hall–Kier alpha value is -2.22. The predicted molar refractivity (Wildman–Crippen MR) is 107 cm³/mol. The summed E-state index contributed by atoms with van der Waals surface area (Å²) < 4.78 is 22.7. The van der Waals surface area contributed by atoms with Crippen molar-refractivity contribution in [1.82, 2.24) is 9.55 Å². The number of anilines is 1. The van der Waals surface area contributed by atoms with Crippen molar-refractivity contribution >= 4 is 46.4 Å². The number of ether oxygens (including phenoxy) is 4. The second-order valence-electron chi connectivity index (χ2n) is 6.27. The molecule has 0 bridgehead atoms. The van der Waals surface area contributed by atoms with Crippen LogP contribution in [0, 0.1) is 3.57 Å². The van der Waals surface area contributed by atoms with Crippen LogP contribution in [0.4, 0.5) is 10.6 Å². The molecule has 0 spiro atoms. The third-order valence-electron chi connectivity index (χ3n) is 3.86. The first-order valence-electron chi connectivity index (χ1n) is 8.86. The Balaban J connectivity index is 2.33. The molecule has 1 aromatic heterocycles. The molecule has 160 valence electrons. The molecule has 1 fully saturated rings. The molecule has 1 aromatic rings. The van der Waals surface area contributed by atoms with E-state index in [1.807, 2.05) is 29.5 Å². The van der Waals surface area contributed by atoms with E-state index in [1.54, 1.807) is 6.92 Å². The van der Waals surface area contributed by atoms with Gasteiger partial charge in [-0.15, -0.1) is 0 Å². The van der Waals surface area contributed by atoms with Gasteiger partial charge in [0.1, 0.15) is 0 Å². The molecule has 0 aliphatic carbocycles. The molecule has 29 heavy (non-hydrogen) atoms. The van der Waals surface area contributed by atoms with Crippen LogP contribution in [0.25, 0.3) is 0 Å². The average molecular weight is 523 g/mol. The number of hydrogen-bond acceptors (Lipinski definition) is 9. The molecule has 0 unspecified atom stereocenters. The maximum atomic E-state index is 12.6. The molecule has 1 aliphatic rings. The lowest BCUT2D eigenvalue weighted by molar-refractivity contribution is -0.165. The van der Waals surface area contributed by atoms with Crippen molar-refractivity contribution < 1.29 is 33.3 Å². The molecule has 1 saturated heterocycles. The highest BCUT2D eigenvalue weighted by Gasteiger charge is 2.48. The van der Waals surface area contributed by atoms with Gasteiger partial charge in [0.15, 0.2) is 24.3 Å². The van der Waals surface area contributed by atoms with E-state index < -0.39 is 48.3 Å². The maximum absolute atomic E-state index is 12.6. The lowest BCUT2D eigenvalue weighted by Crippen LogP contribution is -2.40. The Morgan fingerprint density at radius 3 is 2.45 bits per heavy atom. The summed E-state index contributed by atoms with van der Waals surface area (Å²) in [5.41, 5.74) is -0.756. The van der Waals surface area contributed by atoms with Crippen LogP contribution in [0.1, 0.15) is 40.3 Å². The number of amides is 1. The first kappa shape index (κ1) is 23.1. The number of rotatable bonds is 6. The van der Waals surface area contributed by atoms with Crippen LogP contribution in [0.3, 0.4) is 0 Å². The highest BCUT2D eigenvalue weighted by molar-refractivity contribution is 14.1. The van der Waals surface area contributed by atoms with E-state index in [1.165, 1.54) is 20.0 Å². The van der Waals surface area contributed by atoms with Gasteiger partial charge >= 0.3 is 23.7 Å². The minimum Gasteiger partial charge on any atom is -0.456 e. The van der Waals surface area contributed by atoms with Gasteiger partial charge in [0, 0.05) is 20.0 Å².